The molecule has 1 atom stereocenters. The molecule has 0 saturated carbocycles. The zero-order chi connectivity index (χ0) is 16.8. The average molecular weight is 326 g/mol. The molecule has 1 aromatic heterocycles. The van der Waals surface area contributed by atoms with E-state index in [4.69, 9.17) is 4.74 Å². The number of carbonyl (C=O) groups is 1. The van der Waals surface area contributed by atoms with Crippen LogP contribution >= 0.6 is 0 Å². The van der Waals surface area contributed by atoms with Crippen LogP contribution in [0.3, 0.4) is 0 Å². The summed E-state index contributed by atoms with van der Waals surface area (Å²) in [7, 11) is 0. The number of ether oxygens (including phenoxy) is 1. The largest absolute Gasteiger partial charge is 0.481 e. The number of nitrogens with one attached hydrogen (secondary N) is 1. The van der Waals surface area contributed by atoms with Gasteiger partial charge in [0.25, 0.3) is 5.91 Å². The Morgan fingerprint density at radius 2 is 1.92 bits per heavy atom. The topological polar surface area (TPSA) is 67.3 Å². The first kappa shape index (κ1) is 16.2. The van der Waals surface area contributed by atoms with Crippen molar-refractivity contribution < 1.29 is 9.53 Å². The average Bonchev–Trinajstić information content (AvgIpc) is 2.63. The Labute approximate surface area is 141 Å². The van der Waals surface area contributed by atoms with Crippen LogP contribution in [0.4, 0.5) is 11.6 Å². The van der Waals surface area contributed by atoms with Crippen LogP contribution < -0.4 is 15.0 Å². The van der Waals surface area contributed by atoms with E-state index >= 15 is 0 Å². The third-order valence-corrected chi connectivity index (χ3v) is 4.01. The molecule has 24 heavy (non-hydrogen) atoms. The van der Waals surface area contributed by atoms with Crippen molar-refractivity contribution in [3.8, 4) is 5.75 Å². The molecule has 0 spiro atoms. The zero-order valence-corrected chi connectivity index (χ0v) is 13.8. The fraction of sp³-hybridized carbons (Fsp3) is 0.389. The predicted octanol–water partition coefficient (Wildman–Crippen LogP) is 2.87. The fourth-order valence-electron chi connectivity index (χ4n) is 2.70. The zero-order valence-electron chi connectivity index (χ0n) is 13.8. The summed E-state index contributed by atoms with van der Waals surface area (Å²) in [5.41, 5.74) is 0. The third-order valence-electron chi connectivity index (χ3n) is 4.01. The first-order valence-corrected chi connectivity index (χ1v) is 8.32. The summed E-state index contributed by atoms with van der Waals surface area (Å²) in [5, 5.41) is 2.80. The molecule has 1 aromatic carbocycles. The second-order valence-corrected chi connectivity index (χ2v) is 5.87. The van der Waals surface area contributed by atoms with Gasteiger partial charge < -0.3 is 15.0 Å². The molecule has 1 saturated heterocycles. The van der Waals surface area contributed by atoms with Crippen molar-refractivity contribution in [2.45, 2.75) is 32.3 Å². The summed E-state index contributed by atoms with van der Waals surface area (Å²) in [5.74, 6) is 1.79. The van der Waals surface area contributed by atoms with Crippen molar-refractivity contribution in [2.75, 3.05) is 23.3 Å². The van der Waals surface area contributed by atoms with Crippen LogP contribution in [0.2, 0.25) is 0 Å². The smallest absolute Gasteiger partial charge is 0.266 e. The summed E-state index contributed by atoms with van der Waals surface area (Å²) < 4.78 is 5.63. The normalized spacial score (nSPS) is 15.6. The first-order valence-electron chi connectivity index (χ1n) is 8.32. The van der Waals surface area contributed by atoms with Gasteiger partial charge in [0.15, 0.2) is 6.10 Å². The summed E-state index contributed by atoms with van der Waals surface area (Å²) in [6.07, 6.45) is 4.49. The maximum Gasteiger partial charge on any atom is 0.266 e. The number of hydrogen-bond donors (Lipinski definition) is 1. The molecule has 6 nitrogen and oxygen atoms in total. The highest BCUT2D eigenvalue weighted by Gasteiger charge is 2.17. The van der Waals surface area contributed by atoms with Gasteiger partial charge in [0.1, 0.15) is 23.7 Å². The molecule has 0 unspecified atom stereocenters. The molecule has 1 aliphatic heterocycles. The van der Waals surface area contributed by atoms with E-state index in [0.717, 1.165) is 18.9 Å². The second kappa shape index (κ2) is 7.77. The Morgan fingerprint density at radius 1 is 1.17 bits per heavy atom. The van der Waals surface area contributed by atoms with Gasteiger partial charge in [0.05, 0.1) is 0 Å². The van der Waals surface area contributed by atoms with Crippen molar-refractivity contribution >= 4 is 17.5 Å². The Bertz CT molecular complexity index is 672. The lowest BCUT2D eigenvalue weighted by molar-refractivity contribution is -0.122. The quantitative estimate of drug-likeness (QED) is 0.915. The number of para-hydroxylation sites is 1. The monoisotopic (exact) mass is 326 g/mol. The van der Waals surface area contributed by atoms with Gasteiger partial charge >= 0.3 is 0 Å². The van der Waals surface area contributed by atoms with Crippen molar-refractivity contribution in [3.05, 3.63) is 42.7 Å². The maximum absolute atomic E-state index is 12.3. The SMILES string of the molecule is C[C@H](Oc1ccccc1)C(=O)Nc1cc(N2CCCCC2)ncn1. The van der Waals surface area contributed by atoms with Crippen LogP contribution in [0.5, 0.6) is 5.75 Å². The molecule has 6 heteroatoms. The molecule has 1 aliphatic rings. The summed E-state index contributed by atoms with van der Waals surface area (Å²) >= 11 is 0. The number of amides is 1. The number of aromatic nitrogens is 2. The van der Waals surface area contributed by atoms with Crippen LogP contribution in [0.25, 0.3) is 0 Å². The number of benzene rings is 1. The number of piperidine rings is 1. The van der Waals surface area contributed by atoms with E-state index in [1.165, 1.54) is 25.6 Å². The van der Waals surface area contributed by atoms with Crippen LogP contribution in [0, 0.1) is 0 Å². The Hall–Kier alpha value is -2.63. The minimum atomic E-state index is -0.610. The highest BCUT2D eigenvalue weighted by Crippen LogP contribution is 2.19. The highest BCUT2D eigenvalue weighted by atomic mass is 16.5. The molecule has 2 heterocycles. The number of nitrogens with zero attached hydrogens (tertiary/aromatic N) is 3. The lowest BCUT2D eigenvalue weighted by Gasteiger charge is -2.27. The molecule has 0 aliphatic carbocycles. The van der Waals surface area contributed by atoms with E-state index in [0.29, 0.717) is 11.6 Å². The van der Waals surface area contributed by atoms with E-state index in [2.05, 4.69) is 20.2 Å². The lowest BCUT2D eigenvalue weighted by atomic mass is 10.1. The Morgan fingerprint density at radius 3 is 2.67 bits per heavy atom. The van der Waals surface area contributed by atoms with Crippen molar-refractivity contribution in [3.63, 3.8) is 0 Å². The fourth-order valence-corrected chi connectivity index (χ4v) is 2.70. The van der Waals surface area contributed by atoms with Crippen LogP contribution in [0.15, 0.2) is 42.7 Å². The minimum Gasteiger partial charge on any atom is -0.481 e. The van der Waals surface area contributed by atoms with Crippen molar-refractivity contribution in [1.82, 2.24) is 9.97 Å². The van der Waals surface area contributed by atoms with Gasteiger partial charge in [-0.1, -0.05) is 18.2 Å². The second-order valence-electron chi connectivity index (χ2n) is 5.87. The first-order chi connectivity index (χ1) is 11.7. The standard InChI is InChI=1S/C18H22N4O2/c1-14(24-15-8-4-2-5-9-15)18(23)21-16-12-17(20-13-19-16)22-10-6-3-7-11-22/h2,4-5,8-9,12-14H,3,6-7,10-11H2,1H3,(H,19,20,21,23)/t14-/m0/s1. The Balaban J connectivity index is 1.61. The van der Waals surface area contributed by atoms with E-state index in [-0.39, 0.29) is 5.91 Å². The maximum atomic E-state index is 12.3. The van der Waals surface area contributed by atoms with Crippen LogP contribution in [0.1, 0.15) is 26.2 Å². The Kier molecular flexibility index (Phi) is 5.25. The molecular weight excluding hydrogens is 304 g/mol. The molecule has 1 fully saturated rings. The van der Waals surface area contributed by atoms with E-state index < -0.39 is 6.10 Å². The minimum absolute atomic E-state index is 0.234. The van der Waals surface area contributed by atoms with E-state index in [9.17, 15) is 4.79 Å². The molecule has 3 rings (SSSR count). The number of hydrogen-bond acceptors (Lipinski definition) is 5. The molecule has 126 valence electrons. The van der Waals surface area contributed by atoms with Gasteiger partial charge in [-0.05, 0) is 38.3 Å². The van der Waals surface area contributed by atoms with Gasteiger partial charge in [0.2, 0.25) is 0 Å². The van der Waals surface area contributed by atoms with Crippen LogP contribution in [-0.2, 0) is 4.79 Å². The molecular formula is C18H22N4O2. The van der Waals surface area contributed by atoms with Crippen molar-refractivity contribution in [1.29, 1.82) is 0 Å². The summed E-state index contributed by atoms with van der Waals surface area (Å²) in [6.45, 7) is 3.71. The lowest BCUT2D eigenvalue weighted by Crippen LogP contribution is -2.32. The number of rotatable bonds is 5. The van der Waals surface area contributed by atoms with Gasteiger partial charge in [-0.15, -0.1) is 0 Å². The predicted molar refractivity (Wildman–Crippen MR) is 93.3 cm³/mol. The number of carbonyl (C=O) groups excluding carboxylic acids is 1. The molecule has 2 aromatic rings. The number of anilines is 2. The molecule has 0 bridgehead atoms. The summed E-state index contributed by atoms with van der Waals surface area (Å²) in [6, 6.07) is 11.1. The highest BCUT2D eigenvalue weighted by molar-refractivity contribution is 5.93. The molecule has 0 radical (unpaired) electrons. The van der Waals surface area contributed by atoms with Gasteiger partial charge in [0, 0.05) is 19.2 Å². The van der Waals surface area contributed by atoms with E-state index in [1.807, 2.05) is 36.4 Å². The van der Waals surface area contributed by atoms with Gasteiger partial charge in [-0.25, -0.2) is 9.97 Å². The van der Waals surface area contributed by atoms with Crippen LogP contribution in [-0.4, -0.2) is 35.1 Å². The molecule has 1 N–H and O–H groups in total. The molecule has 1 amide bonds. The third kappa shape index (κ3) is 4.22. The van der Waals surface area contributed by atoms with E-state index in [1.54, 1.807) is 6.92 Å². The van der Waals surface area contributed by atoms with Crippen molar-refractivity contribution in [2.24, 2.45) is 0 Å². The summed E-state index contributed by atoms with van der Waals surface area (Å²) in [4.78, 5) is 23.0. The van der Waals surface area contributed by atoms with Gasteiger partial charge in [-0.2, -0.15) is 0 Å². The van der Waals surface area contributed by atoms with Gasteiger partial charge in [-0.3, -0.25) is 4.79 Å².